The van der Waals surface area contributed by atoms with Crippen LogP contribution in [0.1, 0.15) is 30.4 Å². The van der Waals surface area contributed by atoms with Gasteiger partial charge in [-0.15, -0.1) is 0 Å². The number of aliphatic carboxylic acids is 1. The molecule has 2 heterocycles. The molecule has 0 aromatic carbocycles. The molecule has 1 aliphatic heterocycles. The lowest BCUT2D eigenvalue weighted by Crippen LogP contribution is -2.51. The Morgan fingerprint density at radius 3 is 2.95 bits per heavy atom. The van der Waals surface area contributed by atoms with Gasteiger partial charge >= 0.3 is 5.97 Å². The Kier molecular flexibility index (Phi) is 4.92. The molecule has 0 saturated carbocycles. The van der Waals surface area contributed by atoms with Gasteiger partial charge in [-0.2, -0.15) is 17.4 Å². The zero-order chi connectivity index (χ0) is 15.5. The summed E-state index contributed by atoms with van der Waals surface area (Å²) in [6.45, 7) is 2.20. The molecule has 1 aromatic heterocycles. The molecule has 0 spiro atoms. The second-order valence-electron chi connectivity index (χ2n) is 5.09. The van der Waals surface area contributed by atoms with Crippen molar-refractivity contribution in [3.8, 4) is 0 Å². The molecule has 1 atom stereocenters. The number of carboxylic acids is 1. The summed E-state index contributed by atoms with van der Waals surface area (Å²) >= 11 is 0. The molecule has 21 heavy (non-hydrogen) atoms. The molecule has 1 saturated heterocycles. The molecule has 2 rings (SSSR count). The van der Waals surface area contributed by atoms with Crippen LogP contribution in [0.4, 0.5) is 0 Å². The molecule has 0 radical (unpaired) electrons. The number of nitrogens with zero attached hydrogens (tertiary/aromatic N) is 2. The van der Waals surface area contributed by atoms with Crippen LogP contribution < -0.4 is 4.72 Å². The number of carboxylic acid groups (broad SMARTS) is 1. The number of hydrogen-bond acceptors (Lipinski definition) is 4. The SMILES string of the molecule is Cc1ccncc1CNS(=O)(=O)N1CCCCC1C(=O)O. The lowest BCUT2D eigenvalue weighted by atomic mass is 10.1. The van der Waals surface area contributed by atoms with Crippen LogP contribution in [-0.4, -0.2) is 41.4 Å². The zero-order valence-corrected chi connectivity index (χ0v) is 12.6. The number of pyridine rings is 1. The van der Waals surface area contributed by atoms with Gasteiger partial charge in [0, 0.05) is 25.5 Å². The minimum Gasteiger partial charge on any atom is -0.480 e. The summed E-state index contributed by atoms with van der Waals surface area (Å²) < 4.78 is 28.1. The number of nitrogens with one attached hydrogen (secondary N) is 1. The average Bonchev–Trinajstić information content (AvgIpc) is 2.46. The minimum absolute atomic E-state index is 0.102. The highest BCUT2D eigenvalue weighted by atomic mass is 32.2. The van der Waals surface area contributed by atoms with Crippen LogP contribution in [0.5, 0.6) is 0 Å². The largest absolute Gasteiger partial charge is 0.480 e. The van der Waals surface area contributed by atoms with E-state index in [-0.39, 0.29) is 13.1 Å². The van der Waals surface area contributed by atoms with Gasteiger partial charge in [-0.05, 0) is 43.4 Å². The van der Waals surface area contributed by atoms with Crippen LogP contribution in [0.25, 0.3) is 0 Å². The summed E-state index contributed by atoms with van der Waals surface area (Å²) in [5.41, 5.74) is 1.70. The van der Waals surface area contributed by atoms with E-state index in [9.17, 15) is 13.2 Å². The highest BCUT2D eigenvalue weighted by molar-refractivity contribution is 7.87. The maximum absolute atomic E-state index is 12.3. The summed E-state index contributed by atoms with van der Waals surface area (Å²) in [6.07, 6.45) is 4.99. The lowest BCUT2D eigenvalue weighted by Gasteiger charge is -2.31. The first-order valence-electron chi connectivity index (χ1n) is 6.80. The van der Waals surface area contributed by atoms with E-state index in [1.165, 1.54) is 0 Å². The number of aromatic nitrogens is 1. The van der Waals surface area contributed by atoms with E-state index >= 15 is 0 Å². The summed E-state index contributed by atoms with van der Waals surface area (Å²) in [7, 11) is -3.82. The molecule has 116 valence electrons. The number of hydrogen-bond donors (Lipinski definition) is 2. The molecule has 1 aromatic rings. The second-order valence-corrected chi connectivity index (χ2v) is 6.80. The Balaban J connectivity index is 2.10. The van der Waals surface area contributed by atoms with Crippen LogP contribution in [-0.2, 0) is 21.5 Å². The first-order valence-corrected chi connectivity index (χ1v) is 8.24. The Labute approximate surface area is 124 Å². The predicted octanol–water partition coefficient (Wildman–Crippen LogP) is 0.664. The molecule has 1 fully saturated rings. The fourth-order valence-electron chi connectivity index (χ4n) is 2.37. The quantitative estimate of drug-likeness (QED) is 0.832. The van der Waals surface area contributed by atoms with Crippen LogP contribution in [0.15, 0.2) is 18.5 Å². The van der Waals surface area contributed by atoms with Gasteiger partial charge in [-0.25, -0.2) is 0 Å². The van der Waals surface area contributed by atoms with Crippen molar-refractivity contribution in [2.24, 2.45) is 0 Å². The fraction of sp³-hybridized carbons (Fsp3) is 0.538. The van der Waals surface area contributed by atoms with Crippen molar-refractivity contribution in [3.63, 3.8) is 0 Å². The Morgan fingerprint density at radius 1 is 1.52 bits per heavy atom. The maximum Gasteiger partial charge on any atom is 0.322 e. The van der Waals surface area contributed by atoms with Crippen molar-refractivity contribution in [3.05, 3.63) is 29.6 Å². The Bertz CT molecular complexity index is 618. The van der Waals surface area contributed by atoms with Crippen molar-refractivity contribution >= 4 is 16.2 Å². The third-order valence-electron chi connectivity index (χ3n) is 3.64. The van der Waals surface area contributed by atoms with Gasteiger partial charge in [0.15, 0.2) is 0 Å². The minimum atomic E-state index is -3.82. The zero-order valence-electron chi connectivity index (χ0n) is 11.8. The molecular weight excluding hydrogens is 294 g/mol. The summed E-state index contributed by atoms with van der Waals surface area (Å²) in [5.74, 6) is -1.10. The second kappa shape index (κ2) is 6.50. The average molecular weight is 313 g/mol. The van der Waals surface area contributed by atoms with Gasteiger partial charge in [-0.1, -0.05) is 0 Å². The molecule has 0 aliphatic carbocycles. The van der Waals surface area contributed by atoms with Gasteiger partial charge in [0.25, 0.3) is 10.2 Å². The maximum atomic E-state index is 12.3. The number of rotatable bonds is 5. The fourth-order valence-corrected chi connectivity index (χ4v) is 3.78. The summed E-state index contributed by atoms with van der Waals surface area (Å²) in [4.78, 5) is 15.2. The van der Waals surface area contributed by atoms with E-state index in [0.29, 0.717) is 12.8 Å². The molecule has 0 amide bonds. The Hall–Kier alpha value is -1.51. The predicted molar refractivity (Wildman–Crippen MR) is 76.7 cm³/mol. The van der Waals surface area contributed by atoms with Crippen molar-refractivity contribution in [2.45, 2.75) is 38.8 Å². The van der Waals surface area contributed by atoms with E-state index in [1.807, 2.05) is 6.92 Å². The number of carbonyl (C=O) groups is 1. The van der Waals surface area contributed by atoms with Gasteiger partial charge in [0.2, 0.25) is 0 Å². The Morgan fingerprint density at radius 2 is 2.29 bits per heavy atom. The number of aryl methyl sites for hydroxylation is 1. The lowest BCUT2D eigenvalue weighted by molar-refractivity contribution is -0.142. The molecule has 2 N–H and O–H groups in total. The highest BCUT2D eigenvalue weighted by Gasteiger charge is 2.36. The molecule has 7 nitrogen and oxygen atoms in total. The van der Waals surface area contributed by atoms with E-state index in [1.54, 1.807) is 18.5 Å². The first kappa shape index (κ1) is 15.9. The molecule has 0 bridgehead atoms. The number of piperidine rings is 1. The van der Waals surface area contributed by atoms with Crippen molar-refractivity contribution in [1.82, 2.24) is 14.0 Å². The normalized spacial score (nSPS) is 20.3. The van der Waals surface area contributed by atoms with Crippen molar-refractivity contribution < 1.29 is 18.3 Å². The van der Waals surface area contributed by atoms with E-state index in [0.717, 1.165) is 21.9 Å². The third-order valence-corrected chi connectivity index (χ3v) is 5.20. The standard InChI is InChI=1S/C13H19N3O4S/c1-10-5-6-14-8-11(10)9-15-21(19,20)16-7-3-2-4-12(16)13(17)18/h5-6,8,12,15H,2-4,7,9H2,1H3,(H,17,18). The van der Waals surface area contributed by atoms with Gasteiger partial charge < -0.3 is 5.11 Å². The van der Waals surface area contributed by atoms with Crippen LogP contribution in [0, 0.1) is 6.92 Å². The molecular formula is C13H19N3O4S. The third kappa shape index (κ3) is 3.78. The van der Waals surface area contributed by atoms with Crippen molar-refractivity contribution in [2.75, 3.05) is 6.54 Å². The van der Waals surface area contributed by atoms with Gasteiger partial charge in [0.1, 0.15) is 6.04 Å². The van der Waals surface area contributed by atoms with Crippen LogP contribution in [0.2, 0.25) is 0 Å². The molecule has 1 unspecified atom stereocenters. The van der Waals surface area contributed by atoms with E-state index in [2.05, 4.69) is 9.71 Å². The highest BCUT2D eigenvalue weighted by Crippen LogP contribution is 2.20. The van der Waals surface area contributed by atoms with Crippen molar-refractivity contribution in [1.29, 1.82) is 0 Å². The molecule has 8 heteroatoms. The smallest absolute Gasteiger partial charge is 0.322 e. The molecule has 1 aliphatic rings. The topological polar surface area (TPSA) is 99.6 Å². The van der Waals surface area contributed by atoms with Crippen LogP contribution >= 0.6 is 0 Å². The van der Waals surface area contributed by atoms with Gasteiger partial charge in [0.05, 0.1) is 0 Å². The van der Waals surface area contributed by atoms with Crippen LogP contribution in [0.3, 0.4) is 0 Å². The monoisotopic (exact) mass is 313 g/mol. The summed E-state index contributed by atoms with van der Waals surface area (Å²) in [5, 5.41) is 9.16. The summed E-state index contributed by atoms with van der Waals surface area (Å²) in [6, 6.07) is 0.816. The van der Waals surface area contributed by atoms with E-state index < -0.39 is 22.2 Å². The van der Waals surface area contributed by atoms with Gasteiger partial charge in [-0.3, -0.25) is 9.78 Å². The van der Waals surface area contributed by atoms with E-state index in [4.69, 9.17) is 5.11 Å². The first-order chi connectivity index (χ1) is 9.92.